The molecular formula is C21H21NO4S. The summed E-state index contributed by atoms with van der Waals surface area (Å²) in [6.07, 6.45) is -0.656. The molecule has 1 unspecified atom stereocenters. The number of carbonyl (C=O) groups is 1. The van der Waals surface area contributed by atoms with Crippen molar-refractivity contribution in [3.8, 4) is 11.5 Å². The number of aliphatic hydroxyl groups excluding tert-OH is 1. The predicted octanol–water partition coefficient (Wildman–Crippen LogP) is 3.53. The first-order valence-electron chi connectivity index (χ1n) is 8.51. The van der Waals surface area contributed by atoms with Crippen LogP contribution in [0.1, 0.15) is 21.4 Å². The third-order valence-corrected chi connectivity index (χ3v) is 5.08. The number of hydrogen-bond acceptors (Lipinski definition) is 5. The van der Waals surface area contributed by atoms with Crippen LogP contribution in [0.3, 0.4) is 0 Å². The molecule has 0 aliphatic rings. The van der Waals surface area contributed by atoms with Gasteiger partial charge in [0.05, 0.1) is 13.7 Å². The first-order valence-corrected chi connectivity index (χ1v) is 9.32. The smallest absolute Gasteiger partial charge is 0.258 e. The highest BCUT2D eigenvalue weighted by Crippen LogP contribution is 2.28. The molecule has 1 atom stereocenters. The van der Waals surface area contributed by atoms with Crippen molar-refractivity contribution in [1.82, 2.24) is 5.32 Å². The van der Waals surface area contributed by atoms with E-state index >= 15 is 0 Å². The largest absolute Gasteiger partial charge is 0.497 e. The maximum atomic E-state index is 12.0. The van der Waals surface area contributed by atoms with Gasteiger partial charge in [-0.2, -0.15) is 0 Å². The molecular weight excluding hydrogens is 362 g/mol. The Hall–Kier alpha value is -2.83. The third kappa shape index (κ3) is 5.32. The monoisotopic (exact) mass is 383 g/mol. The average molecular weight is 383 g/mol. The molecule has 0 bridgehead atoms. The molecule has 0 fully saturated rings. The summed E-state index contributed by atoms with van der Waals surface area (Å²) in [5.41, 5.74) is 0.849. The van der Waals surface area contributed by atoms with Gasteiger partial charge in [0.2, 0.25) is 0 Å². The summed E-state index contributed by atoms with van der Waals surface area (Å²) in [5.74, 6) is 1.04. The Balaban J connectivity index is 1.48. The van der Waals surface area contributed by atoms with Gasteiger partial charge in [-0.05, 0) is 29.8 Å². The van der Waals surface area contributed by atoms with E-state index in [4.69, 9.17) is 9.47 Å². The Labute approximate surface area is 162 Å². The molecule has 0 radical (unpaired) electrons. The van der Waals surface area contributed by atoms with Crippen LogP contribution in [0.15, 0.2) is 66.7 Å². The fourth-order valence-electron chi connectivity index (χ4n) is 2.51. The zero-order chi connectivity index (χ0) is 19.1. The van der Waals surface area contributed by atoms with Crippen molar-refractivity contribution in [2.75, 3.05) is 13.7 Å². The number of hydrogen-bond donors (Lipinski definition) is 2. The Bertz CT molecular complexity index is 879. The maximum Gasteiger partial charge on any atom is 0.258 e. The molecule has 6 heteroatoms. The molecule has 27 heavy (non-hydrogen) atoms. The molecule has 3 rings (SSSR count). The molecule has 0 spiro atoms. The van der Waals surface area contributed by atoms with Gasteiger partial charge >= 0.3 is 0 Å². The number of ether oxygens (including phenoxy) is 2. The van der Waals surface area contributed by atoms with Gasteiger partial charge in [0, 0.05) is 15.8 Å². The SMILES string of the molecule is COc1cccc(OCC(=O)NCc2ccc(C(O)c3ccccc3)s2)c1. The highest BCUT2D eigenvalue weighted by atomic mass is 32.1. The highest BCUT2D eigenvalue weighted by molar-refractivity contribution is 7.12. The van der Waals surface area contributed by atoms with Crippen LogP contribution in [-0.2, 0) is 11.3 Å². The van der Waals surface area contributed by atoms with Crippen LogP contribution >= 0.6 is 11.3 Å². The Morgan fingerprint density at radius 1 is 1.07 bits per heavy atom. The summed E-state index contributed by atoms with van der Waals surface area (Å²) in [4.78, 5) is 13.8. The van der Waals surface area contributed by atoms with E-state index in [2.05, 4.69) is 5.32 Å². The van der Waals surface area contributed by atoms with E-state index in [1.807, 2.05) is 48.5 Å². The quantitative estimate of drug-likeness (QED) is 0.624. The number of thiophene rings is 1. The van der Waals surface area contributed by atoms with Gasteiger partial charge in [-0.3, -0.25) is 4.79 Å². The number of carbonyl (C=O) groups excluding carboxylic acids is 1. The maximum absolute atomic E-state index is 12.0. The van der Waals surface area contributed by atoms with E-state index in [1.54, 1.807) is 25.3 Å². The molecule has 3 aromatic rings. The van der Waals surface area contributed by atoms with Gasteiger partial charge in [-0.1, -0.05) is 36.4 Å². The first kappa shape index (κ1) is 18.9. The van der Waals surface area contributed by atoms with Gasteiger partial charge in [0.15, 0.2) is 6.61 Å². The summed E-state index contributed by atoms with van der Waals surface area (Å²) in [7, 11) is 1.58. The van der Waals surface area contributed by atoms with Crippen molar-refractivity contribution >= 4 is 17.2 Å². The van der Waals surface area contributed by atoms with Crippen LogP contribution < -0.4 is 14.8 Å². The zero-order valence-corrected chi connectivity index (χ0v) is 15.7. The minimum absolute atomic E-state index is 0.0714. The summed E-state index contributed by atoms with van der Waals surface area (Å²) < 4.78 is 10.6. The van der Waals surface area contributed by atoms with Crippen LogP contribution in [0.2, 0.25) is 0 Å². The second-order valence-corrected chi connectivity index (χ2v) is 7.06. The lowest BCUT2D eigenvalue weighted by atomic mass is 10.1. The van der Waals surface area contributed by atoms with Crippen molar-refractivity contribution in [3.63, 3.8) is 0 Å². The first-order chi connectivity index (χ1) is 13.2. The Kier molecular flexibility index (Phi) is 6.46. The summed E-state index contributed by atoms with van der Waals surface area (Å²) >= 11 is 1.48. The molecule has 0 saturated heterocycles. The van der Waals surface area contributed by atoms with Crippen molar-refractivity contribution in [1.29, 1.82) is 0 Å². The average Bonchev–Trinajstić information content (AvgIpc) is 3.20. The van der Waals surface area contributed by atoms with Gasteiger partial charge in [0.1, 0.15) is 17.6 Å². The lowest BCUT2D eigenvalue weighted by molar-refractivity contribution is -0.123. The molecule has 2 aromatic carbocycles. The number of aliphatic hydroxyl groups is 1. The highest BCUT2D eigenvalue weighted by Gasteiger charge is 2.13. The zero-order valence-electron chi connectivity index (χ0n) is 14.9. The molecule has 1 amide bonds. The van der Waals surface area contributed by atoms with Crippen LogP contribution in [-0.4, -0.2) is 24.7 Å². The molecule has 140 valence electrons. The van der Waals surface area contributed by atoms with Crippen molar-refractivity contribution in [2.45, 2.75) is 12.6 Å². The molecule has 1 aromatic heterocycles. The molecule has 0 aliphatic carbocycles. The second kappa shape index (κ2) is 9.21. The fraction of sp³-hybridized carbons (Fsp3) is 0.190. The van der Waals surface area contributed by atoms with Crippen molar-refractivity contribution < 1.29 is 19.4 Å². The van der Waals surface area contributed by atoms with E-state index in [1.165, 1.54) is 11.3 Å². The van der Waals surface area contributed by atoms with Crippen LogP contribution in [0.5, 0.6) is 11.5 Å². The molecule has 2 N–H and O–H groups in total. The van der Waals surface area contributed by atoms with Crippen LogP contribution in [0, 0.1) is 0 Å². The Morgan fingerprint density at radius 3 is 2.63 bits per heavy atom. The lowest BCUT2D eigenvalue weighted by Crippen LogP contribution is -2.28. The topological polar surface area (TPSA) is 67.8 Å². The van der Waals surface area contributed by atoms with E-state index in [0.717, 1.165) is 15.3 Å². The molecule has 1 heterocycles. The summed E-state index contributed by atoms with van der Waals surface area (Å²) in [6.45, 7) is 0.324. The number of benzene rings is 2. The van der Waals surface area contributed by atoms with E-state index in [0.29, 0.717) is 18.0 Å². The molecule has 0 aliphatic heterocycles. The minimum Gasteiger partial charge on any atom is -0.497 e. The summed E-state index contributed by atoms with van der Waals surface area (Å²) in [5, 5.41) is 13.3. The standard InChI is InChI=1S/C21H21NO4S/c1-25-16-8-5-9-17(12-16)26-14-20(23)22-13-18-10-11-19(27-18)21(24)15-6-3-2-4-7-15/h2-12,21,24H,13-14H2,1H3,(H,22,23). The van der Waals surface area contributed by atoms with E-state index in [-0.39, 0.29) is 12.5 Å². The number of methoxy groups -OCH3 is 1. The summed E-state index contributed by atoms with van der Waals surface area (Å²) in [6, 6.07) is 20.4. The van der Waals surface area contributed by atoms with E-state index < -0.39 is 6.10 Å². The molecule has 0 saturated carbocycles. The van der Waals surface area contributed by atoms with Gasteiger partial charge in [-0.15, -0.1) is 11.3 Å². The number of nitrogens with one attached hydrogen (secondary N) is 1. The van der Waals surface area contributed by atoms with Crippen molar-refractivity contribution in [3.05, 3.63) is 82.0 Å². The van der Waals surface area contributed by atoms with Gasteiger partial charge < -0.3 is 19.9 Å². The Morgan fingerprint density at radius 2 is 1.85 bits per heavy atom. The lowest BCUT2D eigenvalue weighted by Gasteiger charge is -2.09. The van der Waals surface area contributed by atoms with E-state index in [9.17, 15) is 9.90 Å². The second-order valence-electron chi connectivity index (χ2n) is 5.86. The number of rotatable bonds is 8. The van der Waals surface area contributed by atoms with Gasteiger partial charge in [-0.25, -0.2) is 0 Å². The van der Waals surface area contributed by atoms with Gasteiger partial charge in [0.25, 0.3) is 5.91 Å². The number of amides is 1. The predicted molar refractivity (Wildman–Crippen MR) is 105 cm³/mol. The van der Waals surface area contributed by atoms with Crippen LogP contribution in [0.4, 0.5) is 0 Å². The normalized spacial score (nSPS) is 11.6. The van der Waals surface area contributed by atoms with Crippen LogP contribution in [0.25, 0.3) is 0 Å². The van der Waals surface area contributed by atoms with Crippen molar-refractivity contribution in [2.24, 2.45) is 0 Å². The fourth-order valence-corrected chi connectivity index (χ4v) is 3.48. The third-order valence-electron chi connectivity index (χ3n) is 3.94. The minimum atomic E-state index is -0.656. The molecule has 5 nitrogen and oxygen atoms in total.